The molecular formula is C33H33N7O5. The van der Waals surface area contributed by atoms with Gasteiger partial charge in [-0.15, -0.1) is 0 Å². The third kappa shape index (κ3) is 5.88. The van der Waals surface area contributed by atoms with E-state index in [0.717, 1.165) is 12.8 Å². The lowest BCUT2D eigenvalue weighted by Gasteiger charge is -2.38. The molecule has 12 heteroatoms. The third-order valence-electron chi connectivity index (χ3n) is 7.88. The summed E-state index contributed by atoms with van der Waals surface area (Å²) in [6, 6.07) is 21.5. The minimum Gasteiger partial charge on any atom is -0.633 e. The SMILES string of the molecule is COc1ccc(-n2c(=O)n(-c3ccc(Oc4ccccc4)cc3)c3c(N)ncnc32)cc1N(C)C(=O)/C=C/C[N+](C)([O-])C1CC1. The van der Waals surface area contributed by atoms with Crippen LogP contribution in [0.3, 0.4) is 0 Å². The minimum absolute atomic E-state index is 0.0955. The number of para-hydroxylation sites is 1. The van der Waals surface area contributed by atoms with E-state index in [1.165, 1.54) is 33.5 Å². The zero-order valence-electron chi connectivity index (χ0n) is 25.2. The number of benzene rings is 3. The van der Waals surface area contributed by atoms with Crippen LogP contribution >= 0.6 is 0 Å². The number of likely N-dealkylation sites (N-methyl/N-ethyl adjacent to an activating group) is 2. The number of anilines is 2. The second-order valence-electron chi connectivity index (χ2n) is 11.0. The number of nitrogens with two attached hydrogens (primary N) is 1. The molecule has 45 heavy (non-hydrogen) atoms. The van der Waals surface area contributed by atoms with Crippen LogP contribution in [-0.4, -0.2) is 63.4 Å². The van der Waals surface area contributed by atoms with Crippen LogP contribution in [0.15, 0.2) is 96.1 Å². The Balaban J connectivity index is 1.36. The van der Waals surface area contributed by atoms with Gasteiger partial charge in [0, 0.05) is 26.0 Å². The Hall–Kier alpha value is -5.46. The van der Waals surface area contributed by atoms with Crippen molar-refractivity contribution in [3.8, 4) is 28.6 Å². The number of methoxy groups -OCH3 is 1. The fourth-order valence-corrected chi connectivity index (χ4v) is 5.25. The molecule has 12 nitrogen and oxygen atoms in total. The van der Waals surface area contributed by atoms with Crippen molar-refractivity contribution in [1.29, 1.82) is 0 Å². The number of amides is 1. The quantitative estimate of drug-likeness (QED) is 0.138. The summed E-state index contributed by atoms with van der Waals surface area (Å²) in [6.07, 6.45) is 6.11. The Morgan fingerprint density at radius 2 is 1.73 bits per heavy atom. The molecule has 3 aromatic carbocycles. The van der Waals surface area contributed by atoms with Crippen LogP contribution in [0.2, 0.25) is 0 Å². The van der Waals surface area contributed by atoms with Crippen molar-refractivity contribution in [3.05, 3.63) is 107 Å². The molecule has 1 saturated carbocycles. The highest BCUT2D eigenvalue weighted by atomic mass is 16.5. The molecule has 1 aliphatic carbocycles. The van der Waals surface area contributed by atoms with E-state index in [1.54, 1.807) is 62.6 Å². The molecule has 1 unspecified atom stereocenters. The van der Waals surface area contributed by atoms with Crippen molar-refractivity contribution in [2.24, 2.45) is 0 Å². The molecule has 2 heterocycles. The van der Waals surface area contributed by atoms with Crippen molar-refractivity contribution in [2.45, 2.75) is 18.9 Å². The van der Waals surface area contributed by atoms with Crippen molar-refractivity contribution in [3.63, 3.8) is 0 Å². The number of fused-ring (bicyclic) bond motifs is 1. The van der Waals surface area contributed by atoms with Gasteiger partial charge in [0.15, 0.2) is 11.5 Å². The Morgan fingerprint density at radius 3 is 2.42 bits per heavy atom. The van der Waals surface area contributed by atoms with Crippen LogP contribution in [-0.2, 0) is 4.79 Å². The number of hydrogen-bond acceptors (Lipinski definition) is 8. The van der Waals surface area contributed by atoms with Gasteiger partial charge in [-0.2, -0.15) is 0 Å². The highest BCUT2D eigenvalue weighted by Crippen LogP contribution is 2.33. The maximum Gasteiger partial charge on any atom is 0.339 e. The smallest absolute Gasteiger partial charge is 0.339 e. The first-order chi connectivity index (χ1) is 21.7. The van der Waals surface area contributed by atoms with Gasteiger partial charge in [-0.1, -0.05) is 18.2 Å². The average Bonchev–Trinajstić information content (AvgIpc) is 3.86. The number of quaternary nitrogens is 1. The lowest BCUT2D eigenvalue weighted by molar-refractivity contribution is -0.865. The first-order valence-corrected chi connectivity index (χ1v) is 14.4. The molecule has 0 aliphatic heterocycles. The van der Waals surface area contributed by atoms with Gasteiger partial charge < -0.3 is 30.0 Å². The number of imidazole rings is 1. The number of hydrogen-bond donors (Lipinski definition) is 1. The van der Waals surface area contributed by atoms with E-state index in [-0.39, 0.29) is 30.0 Å². The van der Waals surface area contributed by atoms with E-state index in [1.807, 2.05) is 30.3 Å². The molecule has 6 rings (SSSR count). The molecule has 2 aromatic heterocycles. The summed E-state index contributed by atoms with van der Waals surface area (Å²) in [6.45, 7) is 0.205. The van der Waals surface area contributed by atoms with Crippen LogP contribution in [0, 0.1) is 5.21 Å². The number of carbonyl (C=O) groups excluding carboxylic acids is 1. The van der Waals surface area contributed by atoms with Crippen LogP contribution < -0.4 is 25.8 Å². The summed E-state index contributed by atoms with van der Waals surface area (Å²) in [5.41, 5.74) is 7.86. The highest BCUT2D eigenvalue weighted by molar-refractivity contribution is 6.02. The summed E-state index contributed by atoms with van der Waals surface area (Å²) in [5, 5.41) is 12.6. The van der Waals surface area contributed by atoms with Gasteiger partial charge in [-0.3, -0.25) is 9.36 Å². The lowest BCUT2D eigenvalue weighted by atomic mass is 10.2. The lowest BCUT2D eigenvalue weighted by Crippen LogP contribution is -2.40. The van der Waals surface area contributed by atoms with Crippen LogP contribution in [0.5, 0.6) is 17.2 Å². The first kappa shape index (κ1) is 29.6. The molecule has 2 N–H and O–H groups in total. The van der Waals surface area contributed by atoms with Gasteiger partial charge in [0.05, 0.1) is 43.8 Å². The van der Waals surface area contributed by atoms with E-state index in [0.29, 0.717) is 39.8 Å². The van der Waals surface area contributed by atoms with Crippen LogP contribution in [0.1, 0.15) is 12.8 Å². The summed E-state index contributed by atoms with van der Waals surface area (Å²) in [5.74, 6) is 1.48. The second-order valence-corrected chi connectivity index (χ2v) is 11.0. The van der Waals surface area contributed by atoms with Gasteiger partial charge in [0.1, 0.15) is 29.1 Å². The maximum absolute atomic E-state index is 14.1. The van der Waals surface area contributed by atoms with Crippen LogP contribution in [0.25, 0.3) is 22.5 Å². The predicted molar refractivity (Wildman–Crippen MR) is 172 cm³/mol. The van der Waals surface area contributed by atoms with E-state index < -0.39 is 10.3 Å². The number of carbonyl (C=O) groups is 1. The minimum atomic E-state index is -0.438. The molecule has 1 atom stereocenters. The fraction of sp³-hybridized carbons (Fsp3) is 0.212. The van der Waals surface area contributed by atoms with Gasteiger partial charge in [-0.05, 0) is 60.7 Å². The summed E-state index contributed by atoms with van der Waals surface area (Å²) >= 11 is 0. The van der Waals surface area contributed by atoms with Gasteiger partial charge in [0.2, 0.25) is 0 Å². The van der Waals surface area contributed by atoms with Crippen molar-refractivity contribution < 1.29 is 18.9 Å². The molecule has 5 aromatic rings. The van der Waals surface area contributed by atoms with E-state index >= 15 is 0 Å². The molecule has 1 fully saturated rings. The number of hydroxylamine groups is 3. The molecule has 0 radical (unpaired) electrons. The fourth-order valence-electron chi connectivity index (χ4n) is 5.25. The molecule has 0 saturated heterocycles. The van der Waals surface area contributed by atoms with E-state index in [4.69, 9.17) is 15.2 Å². The molecule has 1 aliphatic rings. The van der Waals surface area contributed by atoms with Crippen LogP contribution in [0.4, 0.5) is 11.5 Å². The van der Waals surface area contributed by atoms with Crippen molar-refractivity contribution in [2.75, 3.05) is 38.4 Å². The topological polar surface area (TPSA) is 141 Å². The number of nitrogens with zero attached hydrogens (tertiary/aromatic N) is 6. The zero-order valence-corrected chi connectivity index (χ0v) is 25.2. The van der Waals surface area contributed by atoms with E-state index in [9.17, 15) is 14.8 Å². The first-order valence-electron chi connectivity index (χ1n) is 14.4. The molecule has 230 valence electrons. The number of rotatable bonds is 10. The molecule has 0 bridgehead atoms. The van der Waals surface area contributed by atoms with E-state index in [2.05, 4.69) is 9.97 Å². The highest BCUT2D eigenvalue weighted by Gasteiger charge is 2.34. The zero-order chi connectivity index (χ0) is 31.7. The maximum atomic E-state index is 14.1. The number of aromatic nitrogens is 4. The summed E-state index contributed by atoms with van der Waals surface area (Å²) in [4.78, 5) is 37.2. The molecule has 1 amide bonds. The number of ether oxygens (including phenoxy) is 2. The van der Waals surface area contributed by atoms with Gasteiger partial charge in [-0.25, -0.2) is 19.3 Å². The van der Waals surface area contributed by atoms with Gasteiger partial charge >= 0.3 is 5.69 Å². The summed E-state index contributed by atoms with van der Waals surface area (Å²) < 4.78 is 13.9. The normalized spacial score (nSPS) is 14.4. The predicted octanol–water partition coefficient (Wildman–Crippen LogP) is 4.58. The molecular weight excluding hydrogens is 574 g/mol. The second kappa shape index (κ2) is 11.9. The third-order valence-corrected chi connectivity index (χ3v) is 7.88. The Kier molecular flexibility index (Phi) is 7.83. The average molecular weight is 608 g/mol. The molecule has 0 spiro atoms. The standard InChI is InChI=1S/C33H33N7O5/c1-37(29(41)10-7-19-40(2,43)24-14-15-24)27-20-23(13-18-28(27)44-3)39-32-30(31(34)35-21-36-32)38(33(39)42)22-11-16-26(17-12-22)45-25-8-5-4-6-9-25/h4-13,16-18,20-21,24H,14-15,19H2,1-3H3,(H2,34,35,36)/b10-7+. The Labute approximate surface area is 259 Å². The van der Waals surface area contributed by atoms with Gasteiger partial charge in [0.25, 0.3) is 5.91 Å². The Bertz CT molecular complexity index is 1940. The number of nitrogen functional groups attached to an aromatic ring is 1. The van der Waals surface area contributed by atoms with Crippen molar-refractivity contribution in [1.82, 2.24) is 19.1 Å². The monoisotopic (exact) mass is 607 g/mol. The largest absolute Gasteiger partial charge is 0.633 e. The Morgan fingerprint density at radius 1 is 1.04 bits per heavy atom. The summed E-state index contributed by atoms with van der Waals surface area (Å²) in [7, 11) is 4.73. The van der Waals surface area contributed by atoms with Crippen molar-refractivity contribution >= 4 is 28.6 Å².